The second kappa shape index (κ2) is 5.10. The molecule has 0 atom stereocenters. The van der Waals surface area contributed by atoms with Crippen LogP contribution in [0.4, 0.5) is 0 Å². The van der Waals surface area contributed by atoms with Gasteiger partial charge in [0.1, 0.15) is 5.75 Å². The third-order valence-electron chi connectivity index (χ3n) is 2.51. The molecule has 18 heavy (non-hydrogen) atoms. The number of aromatic nitrogens is 2. The number of carbonyl (C=O) groups is 1. The van der Waals surface area contributed by atoms with E-state index in [1.807, 2.05) is 0 Å². The number of halogens is 1. The molecule has 2 N–H and O–H groups in total. The van der Waals surface area contributed by atoms with Crippen LogP contribution in [0.2, 0.25) is 5.02 Å². The predicted molar refractivity (Wildman–Crippen MR) is 66.9 cm³/mol. The van der Waals surface area contributed by atoms with Crippen LogP contribution in [0.1, 0.15) is 5.69 Å². The van der Waals surface area contributed by atoms with E-state index in [0.29, 0.717) is 16.5 Å². The van der Waals surface area contributed by atoms with Gasteiger partial charge in [-0.15, -0.1) is 0 Å². The van der Waals surface area contributed by atoms with Crippen molar-refractivity contribution in [3.8, 4) is 16.9 Å². The SMILES string of the molecule is COc1ccc(-c2cn[nH]c2CC(=O)O)cc1Cl. The van der Waals surface area contributed by atoms with Crippen LogP contribution in [0.3, 0.4) is 0 Å². The molecule has 0 unspecified atom stereocenters. The molecule has 0 aliphatic heterocycles. The van der Waals surface area contributed by atoms with Gasteiger partial charge in [-0.3, -0.25) is 9.89 Å². The van der Waals surface area contributed by atoms with Crippen molar-refractivity contribution in [2.24, 2.45) is 0 Å². The van der Waals surface area contributed by atoms with E-state index in [9.17, 15) is 4.79 Å². The first-order valence-electron chi connectivity index (χ1n) is 5.19. The van der Waals surface area contributed by atoms with Gasteiger partial charge in [0, 0.05) is 5.56 Å². The minimum Gasteiger partial charge on any atom is -0.495 e. The van der Waals surface area contributed by atoms with E-state index in [-0.39, 0.29) is 6.42 Å². The van der Waals surface area contributed by atoms with Crippen LogP contribution in [-0.4, -0.2) is 28.4 Å². The molecule has 0 saturated carbocycles. The van der Waals surface area contributed by atoms with E-state index in [1.54, 1.807) is 24.4 Å². The quantitative estimate of drug-likeness (QED) is 0.891. The molecule has 1 aromatic heterocycles. The van der Waals surface area contributed by atoms with Gasteiger partial charge in [0.15, 0.2) is 0 Å². The van der Waals surface area contributed by atoms with Crippen molar-refractivity contribution in [1.29, 1.82) is 0 Å². The van der Waals surface area contributed by atoms with Crippen LogP contribution in [0.15, 0.2) is 24.4 Å². The highest BCUT2D eigenvalue weighted by atomic mass is 35.5. The summed E-state index contributed by atoms with van der Waals surface area (Å²) in [6, 6.07) is 5.26. The summed E-state index contributed by atoms with van der Waals surface area (Å²) in [5.74, 6) is -0.344. The Kier molecular flexibility index (Phi) is 3.53. The number of aliphatic carboxylic acids is 1. The van der Waals surface area contributed by atoms with Crippen molar-refractivity contribution in [3.63, 3.8) is 0 Å². The molecule has 6 heteroatoms. The third kappa shape index (κ3) is 2.46. The second-order valence-corrected chi connectivity index (χ2v) is 4.09. The summed E-state index contributed by atoms with van der Waals surface area (Å²) in [4.78, 5) is 10.7. The normalized spacial score (nSPS) is 10.3. The lowest BCUT2D eigenvalue weighted by Gasteiger charge is -2.06. The molecule has 1 aromatic carbocycles. The summed E-state index contributed by atoms with van der Waals surface area (Å²) in [6.45, 7) is 0. The summed E-state index contributed by atoms with van der Waals surface area (Å²) in [6.07, 6.45) is 1.47. The number of carboxylic acid groups (broad SMARTS) is 1. The van der Waals surface area contributed by atoms with E-state index in [1.165, 1.54) is 7.11 Å². The topological polar surface area (TPSA) is 75.2 Å². The number of benzene rings is 1. The third-order valence-corrected chi connectivity index (χ3v) is 2.80. The van der Waals surface area contributed by atoms with Gasteiger partial charge in [0.25, 0.3) is 0 Å². The lowest BCUT2D eigenvalue weighted by atomic mass is 10.0. The maximum atomic E-state index is 10.7. The van der Waals surface area contributed by atoms with E-state index >= 15 is 0 Å². The van der Waals surface area contributed by atoms with Gasteiger partial charge in [-0.1, -0.05) is 17.7 Å². The average molecular weight is 267 g/mol. The van der Waals surface area contributed by atoms with Crippen molar-refractivity contribution < 1.29 is 14.6 Å². The number of nitrogens with zero attached hydrogens (tertiary/aromatic N) is 1. The summed E-state index contributed by atoms with van der Waals surface area (Å²) in [5, 5.41) is 15.8. The zero-order valence-corrected chi connectivity index (χ0v) is 10.4. The molecule has 2 rings (SSSR count). The molecule has 5 nitrogen and oxygen atoms in total. The van der Waals surface area contributed by atoms with E-state index < -0.39 is 5.97 Å². The predicted octanol–water partition coefficient (Wildman–Crippen LogP) is 2.37. The van der Waals surface area contributed by atoms with Crippen LogP contribution in [0.25, 0.3) is 11.1 Å². The Hall–Kier alpha value is -2.01. The molecule has 2 aromatic rings. The number of rotatable bonds is 4. The molecule has 0 spiro atoms. The van der Waals surface area contributed by atoms with Gasteiger partial charge >= 0.3 is 5.97 Å². The van der Waals surface area contributed by atoms with Crippen LogP contribution in [-0.2, 0) is 11.2 Å². The first kappa shape index (κ1) is 12.4. The molecule has 0 aliphatic carbocycles. The Labute approximate surface area is 108 Å². The lowest BCUT2D eigenvalue weighted by molar-refractivity contribution is -0.136. The van der Waals surface area contributed by atoms with Crippen molar-refractivity contribution in [2.75, 3.05) is 7.11 Å². The van der Waals surface area contributed by atoms with Crippen LogP contribution in [0.5, 0.6) is 5.75 Å². The van der Waals surface area contributed by atoms with Crippen molar-refractivity contribution in [3.05, 3.63) is 35.1 Å². The van der Waals surface area contributed by atoms with Crippen molar-refractivity contribution in [1.82, 2.24) is 10.2 Å². The first-order valence-corrected chi connectivity index (χ1v) is 5.57. The van der Waals surface area contributed by atoms with Crippen LogP contribution in [0, 0.1) is 0 Å². The molecule has 0 fully saturated rings. The van der Waals surface area contributed by atoms with Gasteiger partial charge in [0.2, 0.25) is 0 Å². The Morgan fingerprint density at radius 2 is 2.33 bits per heavy atom. The molecule has 1 heterocycles. The van der Waals surface area contributed by atoms with Gasteiger partial charge in [-0.25, -0.2) is 0 Å². The number of carboxylic acids is 1. The van der Waals surface area contributed by atoms with Crippen LogP contribution >= 0.6 is 11.6 Å². The van der Waals surface area contributed by atoms with E-state index in [0.717, 1.165) is 11.1 Å². The van der Waals surface area contributed by atoms with Crippen molar-refractivity contribution in [2.45, 2.75) is 6.42 Å². The molecule has 0 bridgehead atoms. The maximum Gasteiger partial charge on any atom is 0.309 e. The number of nitrogens with one attached hydrogen (secondary N) is 1. The Bertz CT molecular complexity index is 580. The Balaban J connectivity index is 2.40. The summed E-state index contributed by atoms with van der Waals surface area (Å²) in [7, 11) is 1.54. The van der Waals surface area contributed by atoms with Gasteiger partial charge in [-0.2, -0.15) is 5.10 Å². The van der Waals surface area contributed by atoms with E-state index in [2.05, 4.69) is 10.2 Å². The van der Waals surface area contributed by atoms with Gasteiger partial charge < -0.3 is 9.84 Å². The Morgan fingerprint density at radius 3 is 2.94 bits per heavy atom. The number of methoxy groups -OCH3 is 1. The largest absolute Gasteiger partial charge is 0.495 e. The fourth-order valence-corrected chi connectivity index (χ4v) is 1.94. The molecule has 0 aliphatic rings. The number of ether oxygens (including phenoxy) is 1. The molecule has 94 valence electrons. The molecule has 0 amide bonds. The summed E-state index contributed by atoms with van der Waals surface area (Å²) < 4.78 is 5.06. The number of hydrogen-bond donors (Lipinski definition) is 2. The number of H-pyrrole nitrogens is 1. The lowest BCUT2D eigenvalue weighted by Crippen LogP contribution is -2.01. The van der Waals surface area contributed by atoms with Crippen molar-refractivity contribution >= 4 is 17.6 Å². The minimum atomic E-state index is -0.917. The fraction of sp³-hybridized carbons (Fsp3) is 0.167. The summed E-state index contributed by atoms with van der Waals surface area (Å²) >= 11 is 6.03. The van der Waals surface area contributed by atoms with Gasteiger partial charge in [0.05, 0.1) is 30.4 Å². The highest BCUT2D eigenvalue weighted by Crippen LogP contribution is 2.31. The zero-order chi connectivity index (χ0) is 13.1. The maximum absolute atomic E-state index is 10.7. The second-order valence-electron chi connectivity index (χ2n) is 3.68. The highest BCUT2D eigenvalue weighted by molar-refractivity contribution is 6.32. The standard InChI is InChI=1S/C12H11ClN2O3/c1-18-11-3-2-7(4-9(11)13)8-6-14-15-10(8)5-12(16)17/h2-4,6H,5H2,1H3,(H,14,15)(H,16,17). The molecule has 0 saturated heterocycles. The zero-order valence-electron chi connectivity index (χ0n) is 9.61. The minimum absolute atomic E-state index is 0.112. The molecular formula is C12H11ClN2O3. The highest BCUT2D eigenvalue weighted by Gasteiger charge is 2.12. The number of aromatic amines is 1. The average Bonchev–Trinajstić information content (AvgIpc) is 2.76. The first-order chi connectivity index (χ1) is 8.61. The van der Waals surface area contributed by atoms with Gasteiger partial charge in [-0.05, 0) is 17.7 Å². The molecular weight excluding hydrogens is 256 g/mol. The summed E-state index contributed by atoms with van der Waals surface area (Å²) in [5.41, 5.74) is 2.07. The smallest absolute Gasteiger partial charge is 0.309 e. The Morgan fingerprint density at radius 1 is 1.56 bits per heavy atom. The van der Waals surface area contributed by atoms with Crippen LogP contribution < -0.4 is 4.74 Å². The fourth-order valence-electron chi connectivity index (χ4n) is 1.68. The van der Waals surface area contributed by atoms with E-state index in [4.69, 9.17) is 21.4 Å². The monoisotopic (exact) mass is 266 g/mol. The molecule has 0 radical (unpaired) electrons. The number of hydrogen-bond acceptors (Lipinski definition) is 3.